The van der Waals surface area contributed by atoms with Crippen LogP contribution in [0.2, 0.25) is 0 Å². The molecule has 106 valence electrons. The molecule has 1 atom stereocenters. The Morgan fingerprint density at radius 2 is 2.00 bits per heavy atom. The number of carbonyl (C=O) groups excluding carboxylic acids is 1. The number of aliphatic hydroxyl groups is 1. The molecule has 0 aromatic heterocycles. The topological polar surface area (TPSA) is 67.8 Å². The van der Waals surface area contributed by atoms with E-state index in [9.17, 15) is 13.6 Å². The van der Waals surface area contributed by atoms with Crippen molar-refractivity contribution < 1.29 is 28.2 Å². The van der Waals surface area contributed by atoms with E-state index in [1.807, 2.05) is 6.07 Å². The summed E-state index contributed by atoms with van der Waals surface area (Å²) in [6.07, 6.45) is -0.805. The smallest absolute Gasteiger partial charge is 0.407 e. The molecule has 0 aliphatic carbocycles. The fourth-order valence-electron chi connectivity index (χ4n) is 1.26. The lowest BCUT2D eigenvalue weighted by molar-refractivity contribution is -0.135. The maximum Gasteiger partial charge on any atom is 0.407 e. The molecule has 0 spiro atoms. The minimum absolute atomic E-state index is 0.0561. The second-order valence-corrected chi connectivity index (χ2v) is 3.68. The molecule has 1 amide bonds. The molecule has 0 saturated heterocycles. The van der Waals surface area contributed by atoms with E-state index in [-0.39, 0.29) is 6.61 Å². The summed E-state index contributed by atoms with van der Waals surface area (Å²) in [5, 5.41) is 11.1. The van der Waals surface area contributed by atoms with Gasteiger partial charge in [-0.15, -0.1) is 0 Å². The van der Waals surface area contributed by atoms with Crippen molar-refractivity contribution in [1.82, 2.24) is 5.32 Å². The summed E-state index contributed by atoms with van der Waals surface area (Å²) in [5.41, 5.74) is 0.794. The van der Waals surface area contributed by atoms with Gasteiger partial charge in [0.1, 0.15) is 6.61 Å². The third kappa shape index (κ3) is 6.68. The van der Waals surface area contributed by atoms with Crippen LogP contribution in [0.15, 0.2) is 30.3 Å². The lowest BCUT2D eigenvalue weighted by atomic mass is 10.2. The van der Waals surface area contributed by atoms with Gasteiger partial charge in [-0.25, -0.2) is 4.79 Å². The third-order valence-electron chi connectivity index (χ3n) is 2.18. The van der Waals surface area contributed by atoms with Crippen molar-refractivity contribution in [3.63, 3.8) is 0 Å². The van der Waals surface area contributed by atoms with Crippen LogP contribution < -0.4 is 5.32 Å². The number of hydrogen-bond acceptors (Lipinski definition) is 4. The first kappa shape index (κ1) is 15.3. The van der Waals surface area contributed by atoms with Crippen molar-refractivity contribution in [2.45, 2.75) is 19.3 Å². The zero-order valence-corrected chi connectivity index (χ0v) is 10.1. The number of halogens is 2. The molecule has 0 aliphatic heterocycles. The zero-order valence-electron chi connectivity index (χ0n) is 10.1. The van der Waals surface area contributed by atoms with E-state index in [4.69, 9.17) is 9.84 Å². The van der Waals surface area contributed by atoms with Crippen LogP contribution in [0.1, 0.15) is 5.56 Å². The summed E-state index contributed by atoms with van der Waals surface area (Å²) in [7, 11) is 0. The van der Waals surface area contributed by atoms with Gasteiger partial charge < -0.3 is 19.9 Å². The van der Waals surface area contributed by atoms with Crippen molar-refractivity contribution >= 4 is 6.09 Å². The lowest BCUT2D eigenvalue weighted by Crippen LogP contribution is -2.41. The fraction of sp³-hybridized carbons (Fsp3) is 0.417. The first-order chi connectivity index (χ1) is 9.11. The van der Waals surface area contributed by atoms with Gasteiger partial charge in [-0.3, -0.25) is 0 Å². The van der Waals surface area contributed by atoms with Gasteiger partial charge in [0, 0.05) is 0 Å². The Bertz CT molecular complexity index is 375. The SMILES string of the molecule is O=C(NC(CO)COC(F)F)OCc1ccccc1. The van der Waals surface area contributed by atoms with Crippen molar-refractivity contribution in [2.75, 3.05) is 13.2 Å². The second kappa shape index (κ2) is 8.39. The Morgan fingerprint density at radius 1 is 1.32 bits per heavy atom. The van der Waals surface area contributed by atoms with Gasteiger partial charge in [0.2, 0.25) is 0 Å². The molecule has 7 heteroatoms. The molecule has 5 nitrogen and oxygen atoms in total. The quantitative estimate of drug-likeness (QED) is 0.791. The Balaban J connectivity index is 2.29. The summed E-state index contributed by atoms with van der Waals surface area (Å²) < 4.78 is 32.4. The van der Waals surface area contributed by atoms with Crippen LogP contribution in [0.4, 0.5) is 13.6 Å². The van der Waals surface area contributed by atoms with Gasteiger partial charge in [0.25, 0.3) is 0 Å². The molecule has 1 aromatic carbocycles. The number of benzene rings is 1. The molecule has 1 unspecified atom stereocenters. The van der Waals surface area contributed by atoms with E-state index in [1.165, 1.54) is 0 Å². The lowest BCUT2D eigenvalue weighted by Gasteiger charge is -2.16. The number of alkyl carbamates (subject to hydrolysis) is 1. The van der Waals surface area contributed by atoms with E-state index in [1.54, 1.807) is 24.3 Å². The number of amides is 1. The normalized spacial score (nSPS) is 12.2. The number of carbonyl (C=O) groups is 1. The van der Waals surface area contributed by atoms with E-state index in [0.29, 0.717) is 0 Å². The van der Waals surface area contributed by atoms with Crippen LogP contribution in [-0.4, -0.2) is 37.1 Å². The first-order valence-electron chi connectivity index (χ1n) is 5.59. The van der Waals surface area contributed by atoms with Gasteiger partial charge >= 0.3 is 12.7 Å². The van der Waals surface area contributed by atoms with Gasteiger partial charge in [-0.05, 0) is 5.56 Å². The van der Waals surface area contributed by atoms with E-state index < -0.39 is 32.0 Å². The Labute approximate surface area is 109 Å². The third-order valence-corrected chi connectivity index (χ3v) is 2.18. The van der Waals surface area contributed by atoms with E-state index in [2.05, 4.69) is 10.1 Å². The Hall–Kier alpha value is -1.73. The number of nitrogens with one attached hydrogen (secondary N) is 1. The molecule has 0 heterocycles. The number of aliphatic hydroxyl groups excluding tert-OH is 1. The molecule has 19 heavy (non-hydrogen) atoms. The molecule has 0 aliphatic rings. The zero-order chi connectivity index (χ0) is 14.1. The number of hydrogen-bond donors (Lipinski definition) is 2. The highest BCUT2D eigenvalue weighted by molar-refractivity contribution is 5.67. The standard InChI is InChI=1S/C12H15F2NO4/c13-11(14)18-8-10(6-16)15-12(17)19-7-9-4-2-1-3-5-9/h1-5,10-11,16H,6-8H2,(H,15,17). The summed E-state index contributed by atoms with van der Waals surface area (Å²) in [4.78, 5) is 11.3. The van der Waals surface area contributed by atoms with E-state index >= 15 is 0 Å². The van der Waals surface area contributed by atoms with Crippen LogP contribution in [0.3, 0.4) is 0 Å². The Kier molecular flexibility index (Phi) is 6.76. The van der Waals surface area contributed by atoms with Crippen molar-refractivity contribution in [3.8, 4) is 0 Å². The van der Waals surface area contributed by atoms with Crippen molar-refractivity contribution in [3.05, 3.63) is 35.9 Å². The molecular formula is C12H15F2NO4. The Morgan fingerprint density at radius 3 is 2.58 bits per heavy atom. The van der Waals surface area contributed by atoms with E-state index in [0.717, 1.165) is 5.56 Å². The van der Waals surface area contributed by atoms with Gasteiger partial charge in [-0.1, -0.05) is 30.3 Å². The molecule has 2 N–H and O–H groups in total. The second-order valence-electron chi connectivity index (χ2n) is 3.68. The average molecular weight is 275 g/mol. The van der Waals surface area contributed by atoms with Crippen LogP contribution in [0, 0.1) is 0 Å². The molecule has 0 fully saturated rings. The van der Waals surface area contributed by atoms with Crippen LogP contribution >= 0.6 is 0 Å². The maximum atomic E-state index is 11.8. The monoisotopic (exact) mass is 275 g/mol. The molecule has 0 saturated carbocycles. The van der Waals surface area contributed by atoms with Gasteiger partial charge in [-0.2, -0.15) is 8.78 Å². The highest BCUT2D eigenvalue weighted by Gasteiger charge is 2.14. The van der Waals surface area contributed by atoms with Crippen molar-refractivity contribution in [2.24, 2.45) is 0 Å². The van der Waals surface area contributed by atoms with Crippen molar-refractivity contribution in [1.29, 1.82) is 0 Å². The summed E-state index contributed by atoms with van der Waals surface area (Å²) >= 11 is 0. The summed E-state index contributed by atoms with van der Waals surface area (Å²) in [6, 6.07) is 8.03. The molecule has 0 radical (unpaired) electrons. The van der Waals surface area contributed by atoms with Crippen LogP contribution in [0.5, 0.6) is 0 Å². The minimum Gasteiger partial charge on any atom is -0.445 e. The fourth-order valence-corrected chi connectivity index (χ4v) is 1.26. The highest BCUT2D eigenvalue weighted by Crippen LogP contribution is 2.01. The van der Waals surface area contributed by atoms with Crippen LogP contribution in [0.25, 0.3) is 0 Å². The summed E-state index contributed by atoms with van der Waals surface area (Å²) in [5.74, 6) is 0. The van der Waals surface area contributed by atoms with Crippen LogP contribution in [-0.2, 0) is 16.1 Å². The van der Waals surface area contributed by atoms with Gasteiger partial charge in [0.15, 0.2) is 0 Å². The first-order valence-corrected chi connectivity index (χ1v) is 5.59. The molecule has 1 rings (SSSR count). The van der Waals surface area contributed by atoms with Gasteiger partial charge in [0.05, 0.1) is 19.3 Å². The predicted molar refractivity (Wildman–Crippen MR) is 62.6 cm³/mol. The predicted octanol–water partition coefficient (Wildman–Crippen LogP) is 1.51. The number of alkyl halides is 2. The largest absolute Gasteiger partial charge is 0.445 e. The minimum atomic E-state index is -2.95. The highest BCUT2D eigenvalue weighted by atomic mass is 19.3. The average Bonchev–Trinajstić information content (AvgIpc) is 2.42. The maximum absolute atomic E-state index is 11.8. The number of rotatable bonds is 7. The molecule has 1 aromatic rings. The molecule has 0 bridgehead atoms. The number of ether oxygens (including phenoxy) is 2. The molecular weight excluding hydrogens is 260 g/mol. The summed E-state index contributed by atoms with van der Waals surface area (Å²) in [6.45, 7) is -3.90.